The van der Waals surface area contributed by atoms with Crippen LogP contribution in [0.4, 0.5) is 0 Å². The molecule has 0 spiro atoms. The van der Waals surface area contributed by atoms with Gasteiger partial charge in [-0.2, -0.15) is 5.26 Å². The third-order valence-corrected chi connectivity index (χ3v) is 2.91. The minimum Gasteiger partial charge on any atom is -0.408 e. The lowest BCUT2D eigenvalue weighted by molar-refractivity contribution is 0.527. The van der Waals surface area contributed by atoms with E-state index in [1.165, 1.54) is 4.57 Å². The number of hydrogen-bond acceptors (Lipinski definition) is 4. The van der Waals surface area contributed by atoms with Crippen LogP contribution >= 0.6 is 0 Å². The van der Waals surface area contributed by atoms with Gasteiger partial charge in [0.05, 0.1) is 17.6 Å². The zero-order valence-corrected chi connectivity index (χ0v) is 10.4. The standard InChI is InChI=1S/C13H15N3O2/c1-9(8-14)15-6-5-10-3-4-11-12(7-10)18-13(17)16(11)2/h3-4,7,9,15H,5-6H2,1-2H3. The number of hydrogen-bond donors (Lipinski definition) is 1. The van der Waals surface area contributed by atoms with Gasteiger partial charge in [0.15, 0.2) is 5.58 Å². The molecule has 1 unspecified atom stereocenters. The average molecular weight is 245 g/mol. The molecule has 2 aromatic rings. The molecule has 0 aliphatic carbocycles. The molecule has 1 atom stereocenters. The minimum absolute atomic E-state index is 0.150. The number of rotatable bonds is 4. The average Bonchev–Trinajstić information content (AvgIpc) is 2.64. The topological polar surface area (TPSA) is 71.0 Å². The van der Waals surface area contributed by atoms with Crippen molar-refractivity contribution in [1.82, 2.24) is 9.88 Å². The summed E-state index contributed by atoms with van der Waals surface area (Å²) in [5.41, 5.74) is 2.48. The Morgan fingerprint density at radius 3 is 3.06 bits per heavy atom. The van der Waals surface area contributed by atoms with Crippen molar-refractivity contribution in [3.8, 4) is 6.07 Å². The summed E-state index contributed by atoms with van der Waals surface area (Å²) in [6.45, 7) is 2.54. The van der Waals surface area contributed by atoms with Gasteiger partial charge in [-0.3, -0.25) is 4.57 Å². The first-order valence-corrected chi connectivity index (χ1v) is 5.83. The molecule has 5 heteroatoms. The van der Waals surface area contributed by atoms with Crippen LogP contribution in [0.25, 0.3) is 11.1 Å². The van der Waals surface area contributed by atoms with Gasteiger partial charge in [-0.15, -0.1) is 0 Å². The van der Waals surface area contributed by atoms with Crippen LogP contribution in [0.3, 0.4) is 0 Å². The molecule has 94 valence electrons. The third kappa shape index (κ3) is 2.44. The van der Waals surface area contributed by atoms with E-state index in [4.69, 9.17) is 9.68 Å². The van der Waals surface area contributed by atoms with Crippen molar-refractivity contribution in [3.05, 3.63) is 34.3 Å². The molecule has 0 radical (unpaired) electrons. The number of aryl methyl sites for hydroxylation is 1. The highest BCUT2D eigenvalue weighted by molar-refractivity contribution is 5.73. The second-order valence-electron chi connectivity index (χ2n) is 4.28. The van der Waals surface area contributed by atoms with E-state index in [-0.39, 0.29) is 11.8 Å². The summed E-state index contributed by atoms with van der Waals surface area (Å²) < 4.78 is 6.60. The first-order valence-electron chi connectivity index (χ1n) is 5.83. The predicted octanol–water partition coefficient (Wildman–Crippen LogP) is 1.18. The summed E-state index contributed by atoms with van der Waals surface area (Å²) in [6, 6.07) is 7.68. The Balaban J connectivity index is 2.11. The van der Waals surface area contributed by atoms with Gasteiger partial charge in [-0.05, 0) is 31.0 Å². The third-order valence-electron chi connectivity index (χ3n) is 2.91. The fraction of sp³-hybridized carbons (Fsp3) is 0.385. The highest BCUT2D eigenvalue weighted by Crippen LogP contribution is 2.14. The first-order chi connectivity index (χ1) is 8.61. The number of nitrogens with one attached hydrogen (secondary N) is 1. The van der Waals surface area contributed by atoms with Crippen molar-refractivity contribution in [2.45, 2.75) is 19.4 Å². The molecule has 0 fully saturated rings. The molecule has 2 rings (SSSR count). The van der Waals surface area contributed by atoms with Crippen molar-refractivity contribution in [3.63, 3.8) is 0 Å². The van der Waals surface area contributed by atoms with E-state index in [2.05, 4.69) is 11.4 Å². The van der Waals surface area contributed by atoms with Crippen LogP contribution in [-0.4, -0.2) is 17.2 Å². The Morgan fingerprint density at radius 2 is 2.33 bits per heavy atom. The molecule has 0 bridgehead atoms. The molecule has 0 aliphatic rings. The monoisotopic (exact) mass is 245 g/mol. The number of oxazole rings is 1. The smallest absolute Gasteiger partial charge is 0.408 e. The van der Waals surface area contributed by atoms with Gasteiger partial charge in [-0.25, -0.2) is 4.79 Å². The Kier molecular flexibility index (Phi) is 3.49. The van der Waals surface area contributed by atoms with E-state index in [0.717, 1.165) is 24.0 Å². The zero-order valence-electron chi connectivity index (χ0n) is 10.4. The van der Waals surface area contributed by atoms with E-state index in [1.807, 2.05) is 25.1 Å². The van der Waals surface area contributed by atoms with Gasteiger partial charge in [0, 0.05) is 13.6 Å². The second kappa shape index (κ2) is 5.07. The van der Waals surface area contributed by atoms with Crippen LogP contribution in [0.1, 0.15) is 12.5 Å². The fourth-order valence-electron chi connectivity index (χ4n) is 1.81. The lowest BCUT2D eigenvalue weighted by atomic mass is 10.1. The Morgan fingerprint density at radius 1 is 1.56 bits per heavy atom. The summed E-state index contributed by atoms with van der Waals surface area (Å²) in [7, 11) is 1.68. The maximum atomic E-state index is 11.3. The van der Waals surface area contributed by atoms with E-state index < -0.39 is 0 Å². The molecule has 1 heterocycles. The van der Waals surface area contributed by atoms with Crippen molar-refractivity contribution >= 4 is 11.1 Å². The Hall–Kier alpha value is -2.06. The molecule has 0 saturated heterocycles. The number of benzene rings is 1. The van der Waals surface area contributed by atoms with Gasteiger partial charge in [0.25, 0.3) is 0 Å². The lowest BCUT2D eigenvalue weighted by Crippen LogP contribution is -2.26. The van der Waals surface area contributed by atoms with Gasteiger partial charge in [0.2, 0.25) is 0 Å². The van der Waals surface area contributed by atoms with Crippen LogP contribution in [0.5, 0.6) is 0 Å². The van der Waals surface area contributed by atoms with Crippen molar-refractivity contribution in [2.75, 3.05) is 6.54 Å². The van der Waals surface area contributed by atoms with Crippen LogP contribution in [0, 0.1) is 11.3 Å². The first kappa shape index (κ1) is 12.4. The molecule has 1 N–H and O–H groups in total. The number of aromatic nitrogens is 1. The lowest BCUT2D eigenvalue weighted by Gasteiger charge is -2.05. The maximum absolute atomic E-state index is 11.3. The number of nitrogens with zero attached hydrogens (tertiary/aromatic N) is 2. The normalized spacial score (nSPS) is 12.5. The van der Waals surface area contributed by atoms with E-state index >= 15 is 0 Å². The summed E-state index contributed by atoms with van der Waals surface area (Å²) in [4.78, 5) is 11.3. The van der Waals surface area contributed by atoms with Gasteiger partial charge in [-0.1, -0.05) is 6.07 Å². The fourth-order valence-corrected chi connectivity index (χ4v) is 1.81. The highest BCUT2D eigenvalue weighted by Gasteiger charge is 2.06. The molecule has 0 amide bonds. The Bertz CT molecular complexity index is 648. The SMILES string of the molecule is CC(C#N)NCCc1ccc2c(c1)oc(=O)n2C. The molecular formula is C13H15N3O2. The molecule has 1 aromatic heterocycles. The number of nitriles is 1. The quantitative estimate of drug-likeness (QED) is 0.877. The predicted molar refractivity (Wildman–Crippen MR) is 68.2 cm³/mol. The van der Waals surface area contributed by atoms with Gasteiger partial charge in [0.1, 0.15) is 0 Å². The van der Waals surface area contributed by atoms with E-state index in [9.17, 15) is 4.79 Å². The van der Waals surface area contributed by atoms with Crippen LogP contribution in [0.2, 0.25) is 0 Å². The van der Waals surface area contributed by atoms with Crippen molar-refractivity contribution < 1.29 is 4.42 Å². The summed E-state index contributed by atoms with van der Waals surface area (Å²) in [5, 5.41) is 11.7. The molecular weight excluding hydrogens is 230 g/mol. The summed E-state index contributed by atoms with van der Waals surface area (Å²) >= 11 is 0. The Labute approximate surface area is 105 Å². The van der Waals surface area contributed by atoms with E-state index in [0.29, 0.717) is 5.58 Å². The van der Waals surface area contributed by atoms with Crippen LogP contribution in [-0.2, 0) is 13.5 Å². The van der Waals surface area contributed by atoms with Crippen molar-refractivity contribution in [2.24, 2.45) is 7.05 Å². The second-order valence-corrected chi connectivity index (χ2v) is 4.28. The van der Waals surface area contributed by atoms with Crippen LogP contribution < -0.4 is 11.1 Å². The van der Waals surface area contributed by atoms with Crippen LogP contribution in [0.15, 0.2) is 27.4 Å². The molecule has 0 saturated carbocycles. The minimum atomic E-state index is -0.349. The summed E-state index contributed by atoms with van der Waals surface area (Å²) in [5.74, 6) is -0.349. The summed E-state index contributed by atoms with van der Waals surface area (Å²) in [6.07, 6.45) is 0.792. The molecule has 18 heavy (non-hydrogen) atoms. The number of fused-ring (bicyclic) bond motifs is 1. The van der Waals surface area contributed by atoms with Gasteiger partial charge < -0.3 is 9.73 Å². The maximum Gasteiger partial charge on any atom is 0.419 e. The van der Waals surface area contributed by atoms with Gasteiger partial charge >= 0.3 is 5.76 Å². The highest BCUT2D eigenvalue weighted by atomic mass is 16.4. The molecule has 5 nitrogen and oxygen atoms in total. The molecule has 0 aliphatic heterocycles. The molecule has 1 aromatic carbocycles. The van der Waals surface area contributed by atoms with Crippen molar-refractivity contribution in [1.29, 1.82) is 5.26 Å². The zero-order chi connectivity index (χ0) is 13.1. The largest absolute Gasteiger partial charge is 0.419 e. The van der Waals surface area contributed by atoms with E-state index in [1.54, 1.807) is 7.05 Å².